The van der Waals surface area contributed by atoms with Gasteiger partial charge >= 0.3 is 0 Å². The SMILES string of the molecule is CCSCC(Cc1ccc(OC)c(Br)c1)NC. The highest BCUT2D eigenvalue weighted by molar-refractivity contribution is 9.10. The van der Waals surface area contributed by atoms with Crippen LogP contribution in [0.2, 0.25) is 0 Å². The van der Waals surface area contributed by atoms with E-state index in [-0.39, 0.29) is 0 Å². The van der Waals surface area contributed by atoms with Crippen molar-refractivity contribution in [2.45, 2.75) is 19.4 Å². The van der Waals surface area contributed by atoms with Gasteiger partial charge in [0.05, 0.1) is 11.6 Å². The van der Waals surface area contributed by atoms with Gasteiger partial charge in [0.15, 0.2) is 0 Å². The van der Waals surface area contributed by atoms with Gasteiger partial charge in [-0.05, 0) is 52.8 Å². The van der Waals surface area contributed by atoms with Gasteiger partial charge in [0.25, 0.3) is 0 Å². The Bertz CT molecular complexity index is 346. The molecular weight excluding hydrogens is 298 g/mol. The lowest BCUT2D eigenvalue weighted by molar-refractivity contribution is 0.412. The molecule has 0 spiro atoms. The van der Waals surface area contributed by atoms with Crippen molar-refractivity contribution in [3.05, 3.63) is 28.2 Å². The number of halogens is 1. The van der Waals surface area contributed by atoms with E-state index in [4.69, 9.17) is 4.74 Å². The Labute approximate surface area is 117 Å². The fourth-order valence-electron chi connectivity index (χ4n) is 1.63. The Morgan fingerprint density at radius 3 is 2.76 bits per heavy atom. The fourth-order valence-corrected chi connectivity index (χ4v) is 3.02. The number of benzene rings is 1. The third-order valence-corrected chi connectivity index (χ3v) is 4.30. The van der Waals surface area contributed by atoms with E-state index in [0.29, 0.717) is 6.04 Å². The molecule has 0 amide bonds. The van der Waals surface area contributed by atoms with Gasteiger partial charge in [0.1, 0.15) is 5.75 Å². The zero-order valence-electron chi connectivity index (χ0n) is 10.6. The van der Waals surface area contributed by atoms with E-state index in [1.54, 1.807) is 7.11 Å². The molecule has 4 heteroatoms. The minimum absolute atomic E-state index is 0.528. The van der Waals surface area contributed by atoms with Crippen molar-refractivity contribution in [2.75, 3.05) is 25.7 Å². The maximum Gasteiger partial charge on any atom is 0.133 e. The van der Waals surface area contributed by atoms with Gasteiger partial charge < -0.3 is 10.1 Å². The normalized spacial score (nSPS) is 12.5. The molecule has 0 saturated heterocycles. The summed E-state index contributed by atoms with van der Waals surface area (Å²) in [6, 6.07) is 6.81. The van der Waals surface area contributed by atoms with Crippen LogP contribution in [-0.4, -0.2) is 31.7 Å². The Balaban J connectivity index is 2.63. The van der Waals surface area contributed by atoms with E-state index in [0.717, 1.165) is 22.4 Å². The number of ether oxygens (including phenoxy) is 1. The molecule has 1 atom stereocenters. The summed E-state index contributed by atoms with van der Waals surface area (Å²) in [4.78, 5) is 0. The number of thioether (sulfide) groups is 1. The summed E-state index contributed by atoms with van der Waals surface area (Å²) < 4.78 is 6.25. The van der Waals surface area contributed by atoms with E-state index in [1.807, 2.05) is 24.9 Å². The number of hydrogen-bond acceptors (Lipinski definition) is 3. The van der Waals surface area contributed by atoms with Crippen molar-refractivity contribution in [3.8, 4) is 5.75 Å². The van der Waals surface area contributed by atoms with E-state index >= 15 is 0 Å². The molecule has 0 aliphatic rings. The third-order valence-electron chi connectivity index (χ3n) is 2.63. The van der Waals surface area contributed by atoms with Crippen LogP contribution < -0.4 is 10.1 Å². The Morgan fingerprint density at radius 2 is 2.24 bits per heavy atom. The van der Waals surface area contributed by atoms with Gasteiger partial charge in [-0.1, -0.05) is 13.0 Å². The molecule has 0 aromatic heterocycles. The number of hydrogen-bond donors (Lipinski definition) is 1. The van der Waals surface area contributed by atoms with Gasteiger partial charge in [-0.25, -0.2) is 0 Å². The molecule has 0 saturated carbocycles. The molecule has 0 aliphatic carbocycles. The van der Waals surface area contributed by atoms with Crippen LogP contribution in [0.4, 0.5) is 0 Å². The van der Waals surface area contributed by atoms with Gasteiger partial charge in [-0.2, -0.15) is 11.8 Å². The molecular formula is C13H20BrNOS. The molecule has 0 bridgehead atoms. The van der Waals surface area contributed by atoms with Crippen LogP contribution in [0.3, 0.4) is 0 Å². The number of nitrogens with one attached hydrogen (secondary N) is 1. The molecule has 0 fully saturated rings. The second-order valence-electron chi connectivity index (χ2n) is 3.82. The quantitative estimate of drug-likeness (QED) is 0.833. The number of likely N-dealkylation sites (N-methyl/N-ethyl adjacent to an activating group) is 1. The Morgan fingerprint density at radius 1 is 1.47 bits per heavy atom. The van der Waals surface area contributed by atoms with Crippen LogP contribution in [0.15, 0.2) is 22.7 Å². The Hall–Kier alpha value is -0.190. The first-order chi connectivity index (χ1) is 8.21. The van der Waals surface area contributed by atoms with E-state index < -0.39 is 0 Å². The molecule has 1 aromatic carbocycles. The lowest BCUT2D eigenvalue weighted by atomic mass is 10.1. The first-order valence-corrected chi connectivity index (χ1v) is 7.73. The molecule has 2 nitrogen and oxygen atoms in total. The average molecular weight is 318 g/mol. The predicted octanol–water partition coefficient (Wildman–Crippen LogP) is 3.34. The highest BCUT2D eigenvalue weighted by Gasteiger charge is 2.08. The van der Waals surface area contributed by atoms with Crippen LogP contribution >= 0.6 is 27.7 Å². The van der Waals surface area contributed by atoms with E-state index in [1.165, 1.54) is 11.3 Å². The maximum absolute atomic E-state index is 5.23. The second kappa shape index (κ2) is 8.01. The minimum atomic E-state index is 0.528. The summed E-state index contributed by atoms with van der Waals surface area (Å²) in [5.74, 6) is 3.21. The van der Waals surface area contributed by atoms with Gasteiger partial charge in [0, 0.05) is 11.8 Å². The largest absolute Gasteiger partial charge is 0.496 e. The van der Waals surface area contributed by atoms with Crippen LogP contribution in [0.1, 0.15) is 12.5 Å². The van der Waals surface area contributed by atoms with Crippen molar-refractivity contribution in [1.29, 1.82) is 0 Å². The van der Waals surface area contributed by atoms with E-state index in [2.05, 4.69) is 40.3 Å². The monoisotopic (exact) mass is 317 g/mol. The summed E-state index contributed by atoms with van der Waals surface area (Å²) in [6.45, 7) is 2.20. The molecule has 1 aromatic rings. The minimum Gasteiger partial charge on any atom is -0.496 e. The molecule has 0 aliphatic heterocycles. The third kappa shape index (κ3) is 4.90. The lowest BCUT2D eigenvalue weighted by Crippen LogP contribution is -2.30. The topological polar surface area (TPSA) is 21.3 Å². The molecule has 17 heavy (non-hydrogen) atoms. The van der Waals surface area contributed by atoms with Crippen molar-refractivity contribution < 1.29 is 4.74 Å². The molecule has 1 unspecified atom stereocenters. The molecule has 1 rings (SSSR count). The van der Waals surface area contributed by atoms with Crippen molar-refractivity contribution in [3.63, 3.8) is 0 Å². The average Bonchev–Trinajstić information content (AvgIpc) is 2.34. The van der Waals surface area contributed by atoms with Crippen LogP contribution in [0.25, 0.3) is 0 Å². The highest BCUT2D eigenvalue weighted by Crippen LogP contribution is 2.26. The standard InChI is InChI=1S/C13H20BrNOS/c1-4-17-9-11(15-2)7-10-5-6-13(16-3)12(14)8-10/h5-6,8,11,15H,4,7,9H2,1-3H3. The lowest BCUT2D eigenvalue weighted by Gasteiger charge is -2.16. The fraction of sp³-hybridized carbons (Fsp3) is 0.538. The number of rotatable bonds is 7. The predicted molar refractivity (Wildman–Crippen MR) is 80.2 cm³/mol. The van der Waals surface area contributed by atoms with Gasteiger partial charge in [0.2, 0.25) is 0 Å². The summed E-state index contributed by atoms with van der Waals surface area (Å²) in [5.41, 5.74) is 1.33. The van der Waals surface area contributed by atoms with Crippen molar-refractivity contribution in [1.82, 2.24) is 5.32 Å². The van der Waals surface area contributed by atoms with E-state index in [9.17, 15) is 0 Å². The summed E-state index contributed by atoms with van der Waals surface area (Å²) >= 11 is 5.49. The summed E-state index contributed by atoms with van der Waals surface area (Å²) in [7, 11) is 3.72. The molecule has 0 radical (unpaired) electrons. The molecule has 1 N–H and O–H groups in total. The van der Waals surface area contributed by atoms with Crippen molar-refractivity contribution in [2.24, 2.45) is 0 Å². The number of methoxy groups -OCH3 is 1. The van der Waals surface area contributed by atoms with Gasteiger partial charge in [-0.3, -0.25) is 0 Å². The van der Waals surface area contributed by atoms with Gasteiger partial charge in [-0.15, -0.1) is 0 Å². The summed E-state index contributed by atoms with van der Waals surface area (Å²) in [6.07, 6.45) is 1.05. The zero-order valence-corrected chi connectivity index (χ0v) is 13.0. The Kier molecular flexibility index (Phi) is 7.00. The maximum atomic E-state index is 5.23. The van der Waals surface area contributed by atoms with Crippen LogP contribution in [-0.2, 0) is 6.42 Å². The molecule has 96 valence electrons. The highest BCUT2D eigenvalue weighted by atomic mass is 79.9. The van der Waals surface area contributed by atoms with Crippen molar-refractivity contribution >= 4 is 27.7 Å². The summed E-state index contributed by atoms with van der Waals surface area (Å²) in [5, 5.41) is 3.37. The molecule has 0 heterocycles. The first-order valence-electron chi connectivity index (χ1n) is 5.78. The van der Waals surface area contributed by atoms with Crippen LogP contribution in [0, 0.1) is 0 Å². The van der Waals surface area contributed by atoms with Crippen LogP contribution in [0.5, 0.6) is 5.75 Å². The first kappa shape index (κ1) is 14.9. The zero-order chi connectivity index (χ0) is 12.7. The second-order valence-corrected chi connectivity index (χ2v) is 5.99. The smallest absolute Gasteiger partial charge is 0.133 e.